The third kappa shape index (κ3) is 4.71. The van der Waals surface area contributed by atoms with Crippen LogP contribution in [0.4, 0.5) is 0 Å². The van der Waals surface area contributed by atoms with E-state index in [1.807, 2.05) is 0 Å². The Morgan fingerprint density at radius 3 is 2.43 bits per heavy atom. The first-order chi connectivity index (χ1) is 11.2. The van der Waals surface area contributed by atoms with E-state index in [1.165, 1.54) is 31.2 Å². The summed E-state index contributed by atoms with van der Waals surface area (Å²) in [7, 11) is 0. The van der Waals surface area contributed by atoms with Crippen LogP contribution in [0, 0.1) is 5.92 Å². The molecule has 0 amide bonds. The second kappa shape index (κ2) is 8.16. The highest BCUT2D eigenvalue weighted by molar-refractivity contribution is 5.29. The predicted octanol–water partition coefficient (Wildman–Crippen LogP) is 4.47. The van der Waals surface area contributed by atoms with Crippen LogP contribution in [0.5, 0.6) is 5.75 Å². The second-order valence-corrected chi connectivity index (χ2v) is 7.26. The maximum atomic E-state index is 6.06. The Balaban J connectivity index is 1.53. The van der Waals surface area contributed by atoms with E-state index in [0.29, 0.717) is 18.2 Å². The molecule has 1 saturated carbocycles. The topological polar surface area (TPSA) is 30.5 Å². The van der Waals surface area contributed by atoms with E-state index in [2.05, 4.69) is 43.4 Å². The highest BCUT2D eigenvalue weighted by Gasteiger charge is 2.23. The molecule has 2 aliphatic rings. The number of nitrogens with one attached hydrogen (secondary N) is 1. The predicted molar refractivity (Wildman–Crippen MR) is 93.9 cm³/mol. The number of benzene rings is 1. The molecule has 0 bridgehead atoms. The molecule has 0 radical (unpaired) electrons. The lowest BCUT2D eigenvalue weighted by Crippen LogP contribution is -2.38. The summed E-state index contributed by atoms with van der Waals surface area (Å²) in [6.45, 7) is 6.30. The highest BCUT2D eigenvalue weighted by atomic mass is 16.5. The first-order valence-corrected chi connectivity index (χ1v) is 9.33. The van der Waals surface area contributed by atoms with E-state index < -0.39 is 0 Å². The van der Waals surface area contributed by atoms with Gasteiger partial charge < -0.3 is 14.8 Å². The van der Waals surface area contributed by atoms with Crippen molar-refractivity contribution >= 4 is 0 Å². The van der Waals surface area contributed by atoms with Crippen LogP contribution in [-0.4, -0.2) is 25.4 Å². The third-order valence-electron chi connectivity index (χ3n) is 5.43. The lowest BCUT2D eigenvalue weighted by atomic mass is 9.85. The Kier molecular flexibility index (Phi) is 5.96. The van der Waals surface area contributed by atoms with E-state index in [9.17, 15) is 0 Å². The van der Waals surface area contributed by atoms with Crippen LogP contribution in [0.15, 0.2) is 24.3 Å². The monoisotopic (exact) mass is 317 g/mol. The van der Waals surface area contributed by atoms with Gasteiger partial charge in [0.15, 0.2) is 0 Å². The second-order valence-electron chi connectivity index (χ2n) is 7.26. The average Bonchev–Trinajstić information content (AvgIpc) is 2.58. The normalized spacial score (nSPS) is 27.6. The summed E-state index contributed by atoms with van der Waals surface area (Å²) in [5.74, 6) is 1.78. The van der Waals surface area contributed by atoms with Crippen LogP contribution >= 0.6 is 0 Å². The molecule has 0 spiro atoms. The molecule has 23 heavy (non-hydrogen) atoms. The van der Waals surface area contributed by atoms with Crippen LogP contribution in [0.1, 0.15) is 64.0 Å². The summed E-state index contributed by atoms with van der Waals surface area (Å²) in [4.78, 5) is 0. The van der Waals surface area contributed by atoms with Crippen molar-refractivity contribution in [3.05, 3.63) is 29.8 Å². The van der Waals surface area contributed by atoms with Gasteiger partial charge in [-0.2, -0.15) is 0 Å². The van der Waals surface area contributed by atoms with Crippen molar-refractivity contribution in [2.45, 2.75) is 70.6 Å². The lowest BCUT2D eigenvalue weighted by Gasteiger charge is -2.32. The molecule has 3 atom stereocenters. The van der Waals surface area contributed by atoms with E-state index in [0.717, 1.165) is 37.7 Å². The fourth-order valence-electron chi connectivity index (χ4n) is 3.80. The molecule has 0 aromatic heterocycles. The molecule has 1 aromatic carbocycles. The van der Waals surface area contributed by atoms with Crippen molar-refractivity contribution in [2.24, 2.45) is 5.92 Å². The SMILES string of the molecule is C[C@H](N[C@@H]1CCCC[C@@H]1C)c1ccc(OC2CCOCC2)cc1. The Hall–Kier alpha value is -1.06. The van der Waals surface area contributed by atoms with Gasteiger partial charge in [0.1, 0.15) is 11.9 Å². The number of ether oxygens (including phenoxy) is 2. The third-order valence-corrected chi connectivity index (χ3v) is 5.43. The van der Waals surface area contributed by atoms with Crippen molar-refractivity contribution in [1.29, 1.82) is 0 Å². The lowest BCUT2D eigenvalue weighted by molar-refractivity contribution is 0.0255. The minimum absolute atomic E-state index is 0.313. The molecule has 3 rings (SSSR count). The Labute approximate surface area is 140 Å². The van der Waals surface area contributed by atoms with Gasteiger partial charge in [0, 0.05) is 24.9 Å². The maximum Gasteiger partial charge on any atom is 0.119 e. The van der Waals surface area contributed by atoms with E-state index in [1.54, 1.807) is 0 Å². The zero-order chi connectivity index (χ0) is 16.1. The van der Waals surface area contributed by atoms with Gasteiger partial charge >= 0.3 is 0 Å². The van der Waals surface area contributed by atoms with Gasteiger partial charge in [0.25, 0.3) is 0 Å². The fraction of sp³-hybridized carbons (Fsp3) is 0.700. The fourth-order valence-corrected chi connectivity index (χ4v) is 3.80. The number of rotatable bonds is 5. The largest absolute Gasteiger partial charge is 0.490 e. The molecule has 3 nitrogen and oxygen atoms in total. The zero-order valence-corrected chi connectivity index (χ0v) is 14.6. The first kappa shape index (κ1) is 16.8. The van der Waals surface area contributed by atoms with Crippen molar-refractivity contribution in [1.82, 2.24) is 5.32 Å². The van der Waals surface area contributed by atoms with E-state index in [-0.39, 0.29) is 0 Å². The molecule has 1 heterocycles. The Bertz CT molecular complexity index is 467. The van der Waals surface area contributed by atoms with Crippen molar-refractivity contribution in [3.63, 3.8) is 0 Å². The van der Waals surface area contributed by atoms with Crippen LogP contribution in [-0.2, 0) is 4.74 Å². The van der Waals surface area contributed by atoms with Gasteiger partial charge in [-0.15, -0.1) is 0 Å². The zero-order valence-electron chi connectivity index (χ0n) is 14.6. The van der Waals surface area contributed by atoms with Gasteiger partial charge in [0.2, 0.25) is 0 Å². The van der Waals surface area contributed by atoms with Crippen molar-refractivity contribution in [2.75, 3.05) is 13.2 Å². The van der Waals surface area contributed by atoms with Gasteiger partial charge in [0.05, 0.1) is 13.2 Å². The van der Waals surface area contributed by atoms with Gasteiger partial charge in [-0.1, -0.05) is 31.9 Å². The molecule has 128 valence electrons. The van der Waals surface area contributed by atoms with Crippen molar-refractivity contribution in [3.8, 4) is 5.75 Å². The minimum atomic E-state index is 0.313. The summed E-state index contributed by atoms with van der Waals surface area (Å²) in [6.07, 6.45) is 7.75. The van der Waals surface area contributed by atoms with Gasteiger partial charge in [-0.3, -0.25) is 0 Å². The molecule has 3 heteroatoms. The molecule has 1 aromatic rings. The molecule has 1 saturated heterocycles. The van der Waals surface area contributed by atoms with Crippen molar-refractivity contribution < 1.29 is 9.47 Å². The number of hydrogen-bond donors (Lipinski definition) is 1. The van der Waals surface area contributed by atoms with Gasteiger partial charge in [-0.25, -0.2) is 0 Å². The average molecular weight is 317 g/mol. The summed E-state index contributed by atoms with van der Waals surface area (Å²) >= 11 is 0. The van der Waals surface area contributed by atoms with Gasteiger partial charge in [-0.05, 0) is 43.4 Å². The molecule has 1 aliphatic heterocycles. The molecular weight excluding hydrogens is 286 g/mol. The summed E-state index contributed by atoms with van der Waals surface area (Å²) in [6, 6.07) is 9.72. The smallest absolute Gasteiger partial charge is 0.119 e. The summed E-state index contributed by atoms with van der Waals surface area (Å²) in [5.41, 5.74) is 1.35. The minimum Gasteiger partial charge on any atom is -0.490 e. The quantitative estimate of drug-likeness (QED) is 0.869. The molecule has 1 N–H and O–H groups in total. The molecular formula is C20H31NO2. The Morgan fingerprint density at radius 1 is 1.04 bits per heavy atom. The van der Waals surface area contributed by atoms with E-state index in [4.69, 9.17) is 9.47 Å². The van der Waals surface area contributed by atoms with Crippen LogP contribution in [0.2, 0.25) is 0 Å². The van der Waals surface area contributed by atoms with Crippen LogP contribution in [0.25, 0.3) is 0 Å². The molecule has 0 unspecified atom stereocenters. The number of hydrogen-bond acceptors (Lipinski definition) is 3. The van der Waals surface area contributed by atoms with Crippen LogP contribution in [0.3, 0.4) is 0 Å². The van der Waals surface area contributed by atoms with Crippen LogP contribution < -0.4 is 10.1 Å². The molecule has 1 aliphatic carbocycles. The first-order valence-electron chi connectivity index (χ1n) is 9.33. The highest BCUT2D eigenvalue weighted by Crippen LogP contribution is 2.27. The Morgan fingerprint density at radius 2 is 1.74 bits per heavy atom. The summed E-state index contributed by atoms with van der Waals surface area (Å²) in [5, 5.41) is 3.83. The van der Waals surface area contributed by atoms with E-state index >= 15 is 0 Å². The standard InChI is InChI=1S/C20H31NO2/c1-15-5-3-4-6-20(15)21-16(2)17-7-9-18(10-8-17)23-19-11-13-22-14-12-19/h7-10,15-16,19-21H,3-6,11-14H2,1-2H3/t15-,16-,20+/m0/s1. The summed E-state index contributed by atoms with van der Waals surface area (Å²) < 4.78 is 11.4. The molecule has 2 fully saturated rings. The maximum absolute atomic E-state index is 6.06.